The number of aromatic amines is 1. The zero-order valence-electron chi connectivity index (χ0n) is 16.5. The first-order valence-electron chi connectivity index (χ1n) is 8.84. The number of methoxy groups -OCH3 is 1. The van der Waals surface area contributed by atoms with Crippen LogP contribution in [0.2, 0.25) is 10.0 Å². The molecule has 1 aromatic carbocycles. The maximum Gasteiger partial charge on any atom is 0.347 e. The minimum Gasteiger partial charge on any atom is -0.434 e. The summed E-state index contributed by atoms with van der Waals surface area (Å²) in [6.45, 7) is 7.65. The van der Waals surface area contributed by atoms with Crippen LogP contribution in [-0.4, -0.2) is 35.7 Å². The SMILES string of the molecule is C=C1NC(=O)N(c2cc(Cl)c(Oc3cc(C(C)C)c(=O)[nH]n3)c(Cl)c2)N=C1COC. The highest BCUT2D eigenvalue weighted by molar-refractivity contribution is 6.37. The van der Waals surface area contributed by atoms with E-state index >= 15 is 0 Å². The van der Waals surface area contributed by atoms with Crippen molar-refractivity contribution in [2.24, 2.45) is 5.10 Å². The highest BCUT2D eigenvalue weighted by Gasteiger charge is 2.26. The van der Waals surface area contributed by atoms with Gasteiger partial charge in [-0.25, -0.2) is 9.89 Å². The molecule has 2 amide bonds. The Bertz CT molecular complexity index is 1070. The minimum absolute atomic E-state index is 0.0288. The molecule has 0 spiro atoms. The van der Waals surface area contributed by atoms with Crippen LogP contribution in [0.4, 0.5) is 10.5 Å². The number of urea groups is 1. The van der Waals surface area contributed by atoms with Gasteiger partial charge in [0, 0.05) is 18.7 Å². The minimum atomic E-state index is -0.524. The number of rotatable bonds is 6. The molecule has 2 aromatic rings. The van der Waals surface area contributed by atoms with E-state index < -0.39 is 6.03 Å². The number of hydrogen-bond donors (Lipinski definition) is 2. The number of hydrazone groups is 1. The molecular weight excluding hydrogens is 433 g/mol. The molecule has 1 aromatic heterocycles. The fourth-order valence-electron chi connectivity index (χ4n) is 2.66. The molecule has 11 heteroatoms. The Morgan fingerprint density at radius 2 is 1.87 bits per heavy atom. The number of hydrogen-bond acceptors (Lipinski definition) is 6. The summed E-state index contributed by atoms with van der Waals surface area (Å²) in [6, 6.07) is 3.94. The number of nitrogens with zero attached hydrogens (tertiary/aromatic N) is 3. The first-order valence-corrected chi connectivity index (χ1v) is 9.60. The van der Waals surface area contributed by atoms with Crippen molar-refractivity contribution in [3.63, 3.8) is 0 Å². The van der Waals surface area contributed by atoms with Crippen molar-refractivity contribution in [3.8, 4) is 11.6 Å². The van der Waals surface area contributed by atoms with E-state index in [1.54, 1.807) is 0 Å². The van der Waals surface area contributed by atoms with E-state index in [1.165, 1.54) is 25.3 Å². The van der Waals surface area contributed by atoms with Gasteiger partial charge in [-0.1, -0.05) is 43.6 Å². The van der Waals surface area contributed by atoms with E-state index in [4.69, 9.17) is 32.7 Å². The first-order chi connectivity index (χ1) is 14.2. The van der Waals surface area contributed by atoms with Gasteiger partial charge in [-0.15, -0.1) is 5.10 Å². The number of benzene rings is 1. The predicted molar refractivity (Wildman–Crippen MR) is 115 cm³/mol. The van der Waals surface area contributed by atoms with Gasteiger partial charge in [0.05, 0.1) is 28.0 Å². The summed E-state index contributed by atoms with van der Waals surface area (Å²) in [5, 5.41) is 14.4. The lowest BCUT2D eigenvalue weighted by Crippen LogP contribution is -2.44. The normalized spacial score (nSPS) is 14.1. The van der Waals surface area contributed by atoms with Crippen molar-refractivity contribution in [1.29, 1.82) is 0 Å². The number of amides is 2. The van der Waals surface area contributed by atoms with Gasteiger partial charge in [-0.05, 0) is 18.1 Å². The standard InChI is InChI=1S/C19H19Cl2N5O4/c1-9(2)12-7-16(23-24-18(12)27)30-17-13(20)5-11(6-14(17)21)26-19(28)22-10(3)15(25-26)8-29-4/h5-7,9H,3,8H2,1-2,4H3,(H,22,28)(H,24,27). The van der Waals surface area contributed by atoms with E-state index in [0.29, 0.717) is 22.7 Å². The Morgan fingerprint density at radius 1 is 1.20 bits per heavy atom. The fourth-order valence-corrected chi connectivity index (χ4v) is 3.21. The molecule has 0 fully saturated rings. The van der Waals surface area contributed by atoms with Gasteiger partial charge in [-0.3, -0.25) is 4.79 Å². The van der Waals surface area contributed by atoms with Crippen molar-refractivity contribution in [1.82, 2.24) is 15.5 Å². The van der Waals surface area contributed by atoms with Gasteiger partial charge in [0.2, 0.25) is 5.88 Å². The van der Waals surface area contributed by atoms with E-state index in [0.717, 1.165) is 5.01 Å². The van der Waals surface area contributed by atoms with E-state index in [2.05, 4.69) is 27.2 Å². The lowest BCUT2D eigenvalue weighted by atomic mass is 10.1. The lowest BCUT2D eigenvalue weighted by molar-refractivity contribution is 0.240. The third-order valence-electron chi connectivity index (χ3n) is 4.17. The number of nitrogens with one attached hydrogen (secondary N) is 2. The summed E-state index contributed by atoms with van der Waals surface area (Å²) in [5.41, 5.74) is 1.32. The van der Waals surface area contributed by atoms with Gasteiger partial charge in [0.1, 0.15) is 5.71 Å². The Morgan fingerprint density at radius 3 is 2.47 bits per heavy atom. The number of carbonyl (C=O) groups is 1. The van der Waals surface area contributed by atoms with Crippen molar-refractivity contribution in [3.05, 3.63) is 56.4 Å². The smallest absolute Gasteiger partial charge is 0.347 e. The Balaban J connectivity index is 1.95. The van der Waals surface area contributed by atoms with E-state index in [-0.39, 0.29) is 39.8 Å². The average Bonchev–Trinajstić information content (AvgIpc) is 2.67. The summed E-state index contributed by atoms with van der Waals surface area (Å²) < 4.78 is 10.8. The lowest BCUT2D eigenvalue weighted by Gasteiger charge is -2.26. The molecule has 0 unspecified atom stereocenters. The van der Waals surface area contributed by atoms with Gasteiger partial charge >= 0.3 is 6.03 Å². The average molecular weight is 452 g/mol. The number of carbonyl (C=O) groups excluding carboxylic acids is 1. The molecule has 1 aliphatic rings. The van der Waals surface area contributed by atoms with Crippen LogP contribution in [0.3, 0.4) is 0 Å². The van der Waals surface area contributed by atoms with Gasteiger partial charge in [0.15, 0.2) is 5.75 Å². The monoisotopic (exact) mass is 451 g/mol. The summed E-state index contributed by atoms with van der Waals surface area (Å²) >= 11 is 12.7. The third-order valence-corrected chi connectivity index (χ3v) is 4.73. The summed E-state index contributed by atoms with van der Waals surface area (Å²) in [6.07, 6.45) is 0. The quantitative estimate of drug-likeness (QED) is 0.688. The fraction of sp³-hybridized carbons (Fsp3) is 0.263. The van der Waals surface area contributed by atoms with Crippen LogP contribution in [0.5, 0.6) is 11.6 Å². The molecule has 1 aliphatic heterocycles. The zero-order valence-corrected chi connectivity index (χ0v) is 18.0. The van der Waals surface area contributed by atoms with E-state index in [1.807, 2.05) is 13.8 Å². The molecule has 0 aliphatic carbocycles. The van der Waals surface area contributed by atoms with Crippen molar-refractivity contribution in [2.75, 3.05) is 18.7 Å². The highest BCUT2D eigenvalue weighted by Crippen LogP contribution is 2.40. The predicted octanol–water partition coefficient (Wildman–Crippen LogP) is 4.04. The number of ether oxygens (including phenoxy) is 2. The second-order valence-corrected chi connectivity index (χ2v) is 7.50. The Labute approximate surface area is 182 Å². The van der Waals surface area contributed by atoms with Crippen LogP contribution in [-0.2, 0) is 4.74 Å². The molecule has 2 N–H and O–H groups in total. The molecule has 0 saturated carbocycles. The van der Waals surface area contributed by atoms with Gasteiger partial charge in [-0.2, -0.15) is 10.1 Å². The number of halogens is 2. The number of aromatic nitrogens is 2. The van der Waals surface area contributed by atoms with Crippen molar-refractivity contribution < 1.29 is 14.3 Å². The van der Waals surface area contributed by atoms with Crippen LogP contribution in [0.25, 0.3) is 0 Å². The van der Waals surface area contributed by atoms with Crippen LogP contribution in [0, 0.1) is 0 Å². The molecule has 158 valence electrons. The van der Waals surface area contributed by atoms with Crippen LogP contribution >= 0.6 is 23.2 Å². The number of anilines is 1. The highest BCUT2D eigenvalue weighted by atomic mass is 35.5. The molecule has 0 bridgehead atoms. The second kappa shape index (κ2) is 8.86. The number of H-pyrrole nitrogens is 1. The molecule has 2 heterocycles. The molecule has 3 rings (SSSR count). The molecule has 9 nitrogen and oxygen atoms in total. The Kier molecular flexibility index (Phi) is 6.45. The molecule has 0 atom stereocenters. The topological polar surface area (TPSA) is 109 Å². The molecule has 30 heavy (non-hydrogen) atoms. The van der Waals surface area contributed by atoms with Crippen molar-refractivity contribution in [2.45, 2.75) is 19.8 Å². The maximum absolute atomic E-state index is 12.3. The molecular formula is C19H19Cl2N5O4. The van der Waals surface area contributed by atoms with Crippen LogP contribution in [0.1, 0.15) is 25.3 Å². The zero-order chi connectivity index (χ0) is 22.0. The maximum atomic E-state index is 12.3. The van der Waals surface area contributed by atoms with Gasteiger partial charge < -0.3 is 14.8 Å². The van der Waals surface area contributed by atoms with E-state index in [9.17, 15) is 9.59 Å². The van der Waals surface area contributed by atoms with Crippen LogP contribution in [0.15, 0.2) is 40.4 Å². The molecule has 0 saturated heterocycles. The van der Waals surface area contributed by atoms with Crippen molar-refractivity contribution >= 4 is 40.6 Å². The third kappa shape index (κ3) is 4.48. The largest absolute Gasteiger partial charge is 0.434 e. The summed E-state index contributed by atoms with van der Waals surface area (Å²) in [7, 11) is 1.51. The Hall–Kier alpha value is -2.88. The first kappa shape index (κ1) is 21.8. The summed E-state index contributed by atoms with van der Waals surface area (Å²) in [4.78, 5) is 24.2. The van der Waals surface area contributed by atoms with Crippen LogP contribution < -0.4 is 20.6 Å². The van der Waals surface area contributed by atoms with Gasteiger partial charge in [0.25, 0.3) is 5.56 Å². The second-order valence-electron chi connectivity index (χ2n) is 6.69. The molecule has 0 radical (unpaired) electrons. The summed E-state index contributed by atoms with van der Waals surface area (Å²) in [5.74, 6) is 0.223.